The lowest BCUT2D eigenvalue weighted by Crippen LogP contribution is -2.00. The first-order valence-corrected chi connectivity index (χ1v) is 7.57. The standard InChI is InChI=1S/C16H11ClINO/c1-19-9-14(13-7-4-11(17)8-15(13)19)16(20)10-2-5-12(18)6-3-10/h2-9H,1H3. The molecule has 0 spiro atoms. The summed E-state index contributed by atoms with van der Waals surface area (Å²) in [5.74, 6) is 0.0364. The van der Waals surface area contributed by atoms with Crippen molar-refractivity contribution >= 4 is 50.9 Å². The normalized spacial score (nSPS) is 10.9. The van der Waals surface area contributed by atoms with Gasteiger partial charge in [-0.25, -0.2) is 0 Å². The summed E-state index contributed by atoms with van der Waals surface area (Å²) in [4.78, 5) is 12.6. The lowest BCUT2D eigenvalue weighted by Gasteiger charge is -2.00. The molecule has 0 aliphatic rings. The van der Waals surface area contributed by atoms with Gasteiger partial charge in [0, 0.05) is 43.9 Å². The summed E-state index contributed by atoms with van der Waals surface area (Å²) in [6.45, 7) is 0. The van der Waals surface area contributed by atoms with Crippen molar-refractivity contribution < 1.29 is 4.79 Å². The number of aromatic nitrogens is 1. The highest BCUT2D eigenvalue weighted by Crippen LogP contribution is 2.26. The summed E-state index contributed by atoms with van der Waals surface area (Å²) in [5, 5.41) is 1.60. The molecule has 20 heavy (non-hydrogen) atoms. The van der Waals surface area contributed by atoms with Crippen LogP contribution in [0.2, 0.25) is 5.02 Å². The topological polar surface area (TPSA) is 22.0 Å². The molecule has 0 unspecified atom stereocenters. The smallest absolute Gasteiger partial charge is 0.195 e. The molecule has 0 amide bonds. The van der Waals surface area contributed by atoms with Crippen LogP contribution >= 0.6 is 34.2 Å². The zero-order valence-corrected chi connectivity index (χ0v) is 13.6. The van der Waals surface area contributed by atoms with E-state index in [9.17, 15) is 4.79 Å². The monoisotopic (exact) mass is 395 g/mol. The quantitative estimate of drug-likeness (QED) is 0.457. The van der Waals surface area contributed by atoms with Crippen LogP contribution in [0.4, 0.5) is 0 Å². The van der Waals surface area contributed by atoms with E-state index in [4.69, 9.17) is 11.6 Å². The number of halogens is 2. The molecule has 0 aliphatic heterocycles. The Bertz CT molecular complexity index is 805. The Morgan fingerprint density at radius 1 is 1.15 bits per heavy atom. The molecule has 100 valence electrons. The Balaban J connectivity index is 2.15. The number of hydrogen-bond acceptors (Lipinski definition) is 1. The van der Waals surface area contributed by atoms with E-state index in [-0.39, 0.29) is 5.78 Å². The highest BCUT2D eigenvalue weighted by atomic mass is 127. The summed E-state index contributed by atoms with van der Waals surface area (Å²) >= 11 is 8.24. The Kier molecular flexibility index (Phi) is 3.56. The summed E-state index contributed by atoms with van der Waals surface area (Å²) in [6, 6.07) is 13.2. The molecule has 0 aliphatic carbocycles. The van der Waals surface area contributed by atoms with Crippen molar-refractivity contribution in [2.45, 2.75) is 0 Å². The zero-order valence-electron chi connectivity index (χ0n) is 10.7. The van der Waals surface area contributed by atoms with Crippen LogP contribution in [0.1, 0.15) is 15.9 Å². The van der Waals surface area contributed by atoms with E-state index in [1.54, 1.807) is 0 Å². The van der Waals surface area contributed by atoms with E-state index in [1.807, 2.05) is 60.3 Å². The third kappa shape index (κ3) is 2.36. The molecule has 0 atom stereocenters. The van der Waals surface area contributed by atoms with Gasteiger partial charge in [-0.1, -0.05) is 17.7 Å². The van der Waals surface area contributed by atoms with Crippen molar-refractivity contribution in [3.63, 3.8) is 0 Å². The molecule has 0 saturated heterocycles. The minimum atomic E-state index is 0.0364. The van der Waals surface area contributed by atoms with Crippen molar-refractivity contribution in [1.29, 1.82) is 0 Å². The van der Waals surface area contributed by atoms with Gasteiger partial charge >= 0.3 is 0 Å². The van der Waals surface area contributed by atoms with Gasteiger partial charge in [-0.3, -0.25) is 4.79 Å². The van der Waals surface area contributed by atoms with E-state index in [0.29, 0.717) is 16.1 Å². The maximum atomic E-state index is 12.6. The number of fused-ring (bicyclic) bond motifs is 1. The molecule has 3 aromatic rings. The van der Waals surface area contributed by atoms with Crippen LogP contribution in [0.5, 0.6) is 0 Å². The average Bonchev–Trinajstić information content (AvgIpc) is 2.76. The molecule has 0 N–H and O–H groups in total. The number of ketones is 1. The highest BCUT2D eigenvalue weighted by molar-refractivity contribution is 14.1. The van der Waals surface area contributed by atoms with Crippen LogP contribution < -0.4 is 0 Å². The number of benzene rings is 2. The third-order valence-electron chi connectivity index (χ3n) is 3.30. The van der Waals surface area contributed by atoms with Crippen LogP contribution in [0, 0.1) is 3.57 Å². The van der Waals surface area contributed by atoms with Crippen LogP contribution in [-0.4, -0.2) is 10.4 Å². The zero-order chi connectivity index (χ0) is 14.3. The molecule has 2 aromatic carbocycles. The van der Waals surface area contributed by atoms with Gasteiger partial charge in [0.05, 0.1) is 0 Å². The Morgan fingerprint density at radius 3 is 2.55 bits per heavy atom. The molecule has 0 radical (unpaired) electrons. The van der Waals surface area contributed by atoms with Crippen molar-refractivity contribution in [1.82, 2.24) is 4.57 Å². The number of hydrogen-bond donors (Lipinski definition) is 0. The third-order valence-corrected chi connectivity index (χ3v) is 4.26. The first-order valence-electron chi connectivity index (χ1n) is 6.11. The summed E-state index contributed by atoms with van der Waals surface area (Å²) in [5.41, 5.74) is 2.37. The predicted octanol–water partition coefficient (Wildman–Crippen LogP) is 4.67. The molecular formula is C16H11ClINO. The van der Waals surface area contributed by atoms with Crippen LogP contribution in [-0.2, 0) is 7.05 Å². The van der Waals surface area contributed by atoms with Crippen LogP contribution in [0.15, 0.2) is 48.7 Å². The van der Waals surface area contributed by atoms with E-state index >= 15 is 0 Å². The Labute approximate surface area is 135 Å². The van der Waals surface area contributed by atoms with Crippen molar-refractivity contribution in [2.75, 3.05) is 0 Å². The fraction of sp³-hybridized carbons (Fsp3) is 0.0625. The second kappa shape index (κ2) is 5.22. The minimum absolute atomic E-state index is 0.0364. The molecule has 0 saturated carbocycles. The Morgan fingerprint density at radius 2 is 1.85 bits per heavy atom. The maximum Gasteiger partial charge on any atom is 0.195 e. The molecule has 1 heterocycles. The van der Waals surface area contributed by atoms with E-state index in [1.165, 1.54) is 0 Å². The minimum Gasteiger partial charge on any atom is -0.350 e. The Hall–Kier alpha value is -1.33. The van der Waals surface area contributed by atoms with Gasteiger partial charge in [-0.2, -0.15) is 0 Å². The van der Waals surface area contributed by atoms with E-state index in [2.05, 4.69) is 22.6 Å². The summed E-state index contributed by atoms with van der Waals surface area (Å²) in [6.07, 6.45) is 1.86. The van der Waals surface area contributed by atoms with Gasteiger partial charge in [-0.15, -0.1) is 0 Å². The van der Waals surface area contributed by atoms with Gasteiger partial charge in [0.2, 0.25) is 0 Å². The number of carbonyl (C=O) groups excluding carboxylic acids is 1. The second-order valence-corrected chi connectivity index (χ2v) is 6.33. The van der Waals surface area contributed by atoms with Gasteiger partial charge in [0.25, 0.3) is 0 Å². The molecule has 1 aromatic heterocycles. The lowest BCUT2D eigenvalue weighted by atomic mass is 10.0. The number of rotatable bonds is 2. The van der Waals surface area contributed by atoms with Crippen molar-refractivity contribution in [3.8, 4) is 0 Å². The van der Waals surface area contributed by atoms with Gasteiger partial charge in [0.15, 0.2) is 5.78 Å². The van der Waals surface area contributed by atoms with Crippen LogP contribution in [0.3, 0.4) is 0 Å². The van der Waals surface area contributed by atoms with E-state index < -0.39 is 0 Å². The second-order valence-electron chi connectivity index (χ2n) is 4.65. The molecule has 2 nitrogen and oxygen atoms in total. The number of aryl methyl sites for hydroxylation is 1. The van der Waals surface area contributed by atoms with Gasteiger partial charge < -0.3 is 4.57 Å². The van der Waals surface area contributed by atoms with Crippen molar-refractivity contribution in [3.05, 3.63) is 68.4 Å². The SMILES string of the molecule is Cn1cc(C(=O)c2ccc(I)cc2)c2ccc(Cl)cc21. The molecular weight excluding hydrogens is 385 g/mol. The van der Waals surface area contributed by atoms with Gasteiger partial charge in [0.1, 0.15) is 0 Å². The molecule has 0 bridgehead atoms. The largest absolute Gasteiger partial charge is 0.350 e. The summed E-state index contributed by atoms with van der Waals surface area (Å²) in [7, 11) is 1.92. The van der Waals surface area contributed by atoms with E-state index in [0.717, 1.165) is 14.5 Å². The molecule has 0 fully saturated rings. The van der Waals surface area contributed by atoms with Crippen LogP contribution in [0.25, 0.3) is 10.9 Å². The number of nitrogens with zero attached hydrogens (tertiary/aromatic N) is 1. The fourth-order valence-corrected chi connectivity index (χ4v) is 2.82. The molecule has 3 rings (SSSR count). The summed E-state index contributed by atoms with van der Waals surface area (Å²) < 4.78 is 3.05. The maximum absolute atomic E-state index is 12.6. The lowest BCUT2D eigenvalue weighted by molar-refractivity contribution is 0.104. The first kappa shape index (κ1) is 13.6. The molecule has 4 heteroatoms. The fourth-order valence-electron chi connectivity index (χ4n) is 2.29. The van der Waals surface area contributed by atoms with Gasteiger partial charge in [-0.05, 0) is 59.0 Å². The average molecular weight is 396 g/mol. The van der Waals surface area contributed by atoms with Crippen molar-refractivity contribution in [2.24, 2.45) is 7.05 Å². The first-order chi connectivity index (χ1) is 9.56. The predicted molar refractivity (Wildman–Crippen MR) is 90.5 cm³/mol. The highest BCUT2D eigenvalue weighted by Gasteiger charge is 2.15. The number of carbonyl (C=O) groups is 1.